The van der Waals surface area contributed by atoms with Crippen LogP contribution in [-0.4, -0.2) is 70.6 Å². The maximum absolute atomic E-state index is 4.97. The predicted octanol–water partition coefficient (Wildman–Crippen LogP) is 2.61. The number of imidazole rings is 1. The molecule has 0 saturated carbocycles. The van der Waals surface area contributed by atoms with Crippen molar-refractivity contribution in [2.45, 2.75) is 58.5 Å². The topological polar surface area (TPSA) is 48.7 Å². The molecule has 2 saturated heterocycles. The SMILES string of the molecule is CCNC(=NCCN1CCCCC1C)N1CCC(C)C(n2ccnc2)C1. The van der Waals surface area contributed by atoms with E-state index in [0.717, 1.165) is 38.7 Å². The molecular formula is C20H36N6. The zero-order chi connectivity index (χ0) is 18.4. The van der Waals surface area contributed by atoms with Crippen LogP contribution in [0.25, 0.3) is 0 Å². The van der Waals surface area contributed by atoms with Crippen molar-refractivity contribution in [3.05, 3.63) is 18.7 Å². The summed E-state index contributed by atoms with van der Waals surface area (Å²) < 4.78 is 2.26. The second-order valence-electron chi connectivity index (χ2n) is 7.91. The Bertz CT molecular complexity index is 555. The molecule has 146 valence electrons. The summed E-state index contributed by atoms with van der Waals surface area (Å²) in [7, 11) is 0. The summed E-state index contributed by atoms with van der Waals surface area (Å²) in [4.78, 5) is 14.2. The van der Waals surface area contributed by atoms with Gasteiger partial charge in [0.1, 0.15) is 0 Å². The number of aromatic nitrogens is 2. The number of hydrogen-bond acceptors (Lipinski definition) is 3. The maximum Gasteiger partial charge on any atom is 0.194 e. The number of nitrogens with zero attached hydrogens (tertiary/aromatic N) is 5. The minimum atomic E-state index is 0.470. The first-order valence-electron chi connectivity index (χ1n) is 10.4. The number of nitrogens with one attached hydrogen (secondary N) is 1. The fourth-order valence-electron chi connectivity index (χ4n) is 4.29. The highest BCUT2D eigenvalue weighted by molar-refractivity contribution is 5.80. The largest absolute Gasteiger partial charge is 0.357 e. The van der Waals surface area contributed by atoms with E-state index in [9.17, 15) is 0 Å². The van der Waals surface area contributed by atoms with E-state index in [1.54, 1.807) is 0 Å². The van der Waals surface area contributed by atoms with Crippen molar-refractivity contribution in [3.63, 3.8) is 0 Å². The monoisotopic (exact) mass is 360 g/mol. The molecule has 1 aromatic heterocycles. The number of aliphatic imine (C=N–C) groups is 1. The third-order valence-corrected chi connectivity index (χ3v) is 6.05. The Hall–Kier alpha value is -1.56. The molecule has 1 N–H and O–H groups in total. The number of piperidine rings is 2. The van der Waals surface area contributed by atoms with Gasteiger partial charge in [-0.3, -0.25) is 9.89 Å². The summed E-state index contributed by atoms with van der Waals surface area (Å²) in [5.74, 6) is 1.74. The first kappa shape index (κ1) is 19.2. The highest BCUT2D eigenvalue weighted by atomic mass is 15.3. The molecule has 26 heavy (non-hydrogen) atoms. The highest BCUT2D eigenvalue weighted by Crippen LogP contribution is 2.27. The Balaban J connectivity index is 1.60. The van der Waals surface area contributed by atoms with E-state index in [-0.39, 0.29) is 0 Å². The van der Waals surface area contributed by atoms with Gasteiger partial charge >= 0.3 is 0 Å². The van der Waals surface area contributed by atoms with Crippen molar-refractivity contribution < 1.29 is 0 Å². The Morgan fingerprint density at radius 3 is 2.85 bits per heavy atom. The van der Waals surface area contributed by atoms with Gasteiger partial charge in [0.2, 0.25) is 0 Å². The molecule has 2 aliphatic rings. The van der Waals surface area contributed by atoms with Gasteiger partial charge in [0.25, 0.3) is 0 Å². The first-order chi connectivity index (χ1) is 12.7. The van der Waals surface area contributed by atoms with Crippen molar-refractivity contribution in [1.29, 1.82) is 0 Å². The highest BCUT2D eigenvalue weighted by Gasteiger charge is 2.29. The van der Waals surface area contributed by atoms with Gasteiger partial charge in [-0.2, -0.15) is 0 Å². The smallest absolute Gasteiger partial charge is 0.194 e. The van der Waals surface area contributed by atoms with Gasteiger partial charge in [-0.25, -0.2) is 4.98 Å². The second-order valence-corrected chi connectivity index (χ2v) is 7.91. The molecule has 2 fully saturated rings. The molecule has 6 nitrogen and oxygen atoms in total. The molecular weight excluding hydrogens is 324 g/mol. The Morgan fingerprint density at radius 1 is 1.23 bits per heavy atom. The summed E-state index contributed by atoms with van der Waals surface area (Å²) in [5.41, 5.74) is 0. The molecule has 0 radical (unpaired) electrons. The number of rotatable bonds is 5. The Kier molecular flexibility index (Phi) is 6.94. The Morgan fingerprint density at radius 2 is 2.12 bits per heavy atom. The summed E-state index contributed by atoms with van der Waals surface area (Å²) >= 11 is 0. The van der Waals surface area contributed by atoms with Gasteiger partial charge in [0.05, 0.1) is 18.9 Å². The molecule has 1 aromatic rings. The number of likely N-dealkylation sites (tertiary alicyclic amines) is 2. The first-order valence-corrected chi connectivity index (χ1v) is 10.4. The molecule has 3 rings (SSSR count). The quantitative estimate of drug-likeness (QED) is 0.648. The fourth-order valence-corrected chi connectivity index (χ4v) is 4.29. The molecule has 0 amide bonds. The summed E-state index contributed by atoms with van der Waals surface area (Å²) in [6.45, 7) is 13.1. The molecule has 0 bridgehead atoms. The fraction of sp³-hybridized carbons (Fsp3) is 0.800. The van der Waals surface area contributed by atoms with Gasteiger partial charge in [-0.05, 0) is 45.6 Å². The van der Waals surface area contributed by atoms with Crippen molar-refractivity contribution >= 4 is 5.96 Å². The molecule has 3 atom stereocenters. The van der Waals surface area contributed by atoms with Crippen LogP contribution in [0.3, 0.4) is 0 Å². The Labute approximate surface area is 158 Å². The van der Waals surface area contributed by atoms with Gasteiger partial charge < -0.3 is 14.8 Å². The van der Waals surface area contributed by atoms with Crippen LogP contribution < -0.4 is 5.32 Å². The minimum absolute atomic E-state index is 0.470. The van der Waals surface area contributed by atoms with E-state index in [1.807, 2.05) is 12.5 Å². The van der Waals surface area contributed by atoms with E-state index < -0.39 is 0 Å². The molecule has 0 aromatic carbocycles. The average Bonchev–Trinajstić information content (AvgIpc) is 3.17. The number of guanidine groups is 1. The minimum Gasteiger partial charge on any atom is -0.357 e. The summed E-state index contributed by atoms with van der Waals surface area (Å²) in [6, 6.07) is 1.18. The lowest BCUT2D eigenvalue weighted by Gasteiger charge is -2.39. The van der Waals surface area contributed by atoms with Crippen molar-refractivity contribution in [3.8, 4) is 0 Å². The lowest BCUT2D eigenvalue weighted by Crippen LogP contribution is -2.49. The summed E-state index contributed by atoms with van der Waals surface area (Å²) in [6.07, 6.45) is 11.2. The van der Waals surface area contributed by atoms with Crippen molar-refractivity contribution in [2.24, 2.45) is 10.9 Å². The third-order valence-electron chi connectivity index (χ3n) is 6.05. The lowest BCUT2D eigenvalue weighted by molar-refractivity contribution is 0.164. The van der Waals surface area contributed by atoms with Crippen molar-refractivity contribution in [1.82, 2.24) is 24.7 Å². The van der Waals surface area contributed by atoms with Gasteiger partial charge in [0.15, 0.2) is 5.96 Å². The zero-order valence-corrected chi connectivity index (χ0v) is 16.8. The van der Waals surface area contributed by atoms with Gasteiger partial charge in [-0.15, -0.1) is 0 Å². The molecule has 0 aliphatic carbocycles. The van der Waals surface area contributed by atoms with Crippen molar-refractivity contribution in [2.75, 3.05) is 39.3 Å². The maximum atomic E-state index is 4.97. The predicted molar refractivity (Wildman–Crippen MR) is 107 cm³/mol. The van der Waals surface area contributed by atoms with Crippen LogP contribution in [0.4, 0.5) is 0 Å². The van der Waals surface area contributed by atoms with E-state index in [0.29, 0.717) is 18.0 Å². The van der Waals surface area contributed by atoms with E-state index in [2.05, 4.69) is 51.6 Å². The summed E-state index contributed by atoms with van der Waals surface area (Å²) in [5, 5.41) is 3.51. The molecule has 2 aliphatic heterocycles. The van der Waals surface area contributed by atoms with Crippen LogP contribution in [0.15, 0.2) is 23.7 Å². The van der Waals surface area contributed by atoms with Crippen LogP contribution in [-0.2, 0) is 0 Å². The third kappa shape index (κ3) is 4.78. The molecule has 6 heteroatoms. The molecule has 0 spiro atoms. The van der Waals surface area contributed by atoms with Crippen LogP contribution in [0.2, 0.25) is 0 Å². The molecule has 3 heterocycles. The average molecular weight is 361 g/mol. The van der Waals surface area contributed by atoms with Crippen LogP contribution in [0, 0.1) is 5.92 Å². The van der Waals surface area contributed by atoms with E-state index in [4.69, 9.17) is 4.99 Å². The number of hydrogen-bond donors (Lipinski definition) is 1. The molecule has 3 unspecified atom stereocenters. The van der Waals surface area contributed by atoms with Crippen LogP contribution in [0.5, 0.6) is 0 Å². The van der Waals surface area contributed by atoms with E-state index >= 15 is 0 Å². The van der Waals surface area contributed by atoms with Gasteiger partial charge in [0, 0.05) is 44.6 Å². The normalized spacial score (nSPS) is 28.3. The zero-order valence-electron chi connectivity index (χ0n) is 16.8. The van der Waals surface area contributed by atoms with Crippen LogP contribution in [0.1, 0.15) is 52.5 Å². The lowest BCUT2D eigenvalue weighted by atomic mass is 9.93. The van der Waals surface area contributed by atoms with Gasteiger partial charge in [-0.1, -0.05) is 13.3 Å². The van der Waals surface area contributed by atoms with E-state index in [1.165, 1.54) is 32.2 Å². The standard InChI is InChI=1S/C20H36N6/c1-4-22-20(23-10-14-24-11-6-5-7-18(24)3)25-12-8-17(2)19(15-25)26-13-9-21-16-26/h9,13,16-19H,4-8,10-12,14-15H2,1-3H3,(H,22,23). The second kappa shape index (κ2) is 9.40. The van der Waals surface area contributed by atoms with Crippen LogP contribution >= 0.6 is 0 Å².